The van der Waals surface area contributed by atoms with Gasteiger partial charge in [0, 0.05) is 5.92 Å². The van der Waals surface area contributed by atoms with Crippen LogP contribution in [-0.2, 0) is 4.79 Å². The molecule has 0 radical (unpaired) electrons. The van der Waals surface area contributed by atoms with Crippen LogP contribution in [0.15, 0.2) is 53.1 Å². The molecule has 0 aliphatic heterocycles. The van der Waals surface area contributed by atoms with Gasteiger partial charge >= 0.3 is 5.97 Å². The van der Waals surface area contributed by atoms with Crippen molar-refractivity contribution in [3.05, 3.63) is 60.1 Å². The van der Waals surface area contributed by atoms with Crippen molar-refractivity contribution in [1.29, 1.82) is 0 Å². The molecule has 1 amide bonds. The number of furan rings is 1. The third kappa shape index (κ3) is 3.51. The highest BCUT2D eigenvalue weighted by Crippen LogP contribution is 2.24. The van der Waals surface area contributed by atoms with E-state index in [0.29, 0.717) is 6.42 Å². The lowest BCUT2D eigenvalue weighted by Crippen LogP contribution is -2.44. The summed E-state index contributed by atoms with van der Waals surface area (Å²) >= 11 is 0. The molecule has 110 valence electrons. The quantitative estimate of drug-likeness (QED) is 0.856. The Hall–Kier alpha value is -2.56. The van der Waals surface area contributed by atoms with Gasteiger partial charge < -0.3 is 14.8 Å². The molecular formula is C16H17NO4. The lowest BCUT2D eigenvalue weighted by Gasteiger charge is -2.23. The molecule has 1 heterocycles. The van der Waals surface area contributed by atoms with Crippen molar-refractivity contribution in [2.75, 3.05) is 0 Å². The molecule has 2 rings (SSSR count). The zero-order valence-electron chi connectivity index (χ0n) is 11.7. The minimum Gasteiger partial charge on any atom is -0.480 e. The zero-order chi connectivity index (χ0) is 15.2. The van der Waals surface area contributed by atoms with E-state index < -0.39 is 17.9 Å². The first-order valence-corrected chi connectivity index (χ1v) is 6.75. The summed E-state index contributed by atoms with van der Waals surface area (Å²) in [4.78, 5) is 23.5. The lowest BCUT2D eigenvalue weighted by molar-refractivity contribution is -0.139. The van der Waals surface area contributed by atoms with Crippen LogP contribution in [0.1, 0.15) is 35.4 Å². The van der Waals surface area contributed by atoms with Gasteiger partial charge in [0.1, 0.15) is 6.04 Å². The summed E-state index contributed by atoms with van der Waals surface area (Å²) in [6, 6.07) is 11.4. The van der Waals surface area contributed by atoms with Gasteiger partial charge in [-0.25, -0.2) is 4.79 Å². The van der Waals surface area contributed by atoms with Crippen molar-refractivity contribution in [2.24, 2.45) is 0 Å². The summed E-state index contributed by atoms with van der Waals surface area (Å²) in [6.07, 6.45) is 1.97. The molecule has 0 saturated heterocycles. The van der Waals surface area contributed by atoms with Gasteiger partial charge in [0.2, 0.25) is 0 Å². The molecule has 0 bridgehead atoms. The fraction of sp³-hybridized carbons (Fsp3) is 0.250. The first-order chi connectivity index (χ1) is 10.1. The predicted molar refractivity (Wildman–Crippen MR) is 77.1 cm³/mol. The molecule has 2 unspecified atom stereocenters. The average molecular weight is 287 g/mol. The van der Waals surface area contributed by atoms with Crippen LogP contribution < -0.4 is 5.32 Å². The van der Waals surface area contributed by atoms with Crippen molar-refractivity contribution >= 4 is 11.9 Å². The van der Waals surface area contributed by atoms with Crippen LogP contribution in [-0.4, -0.2) is 23.0 Å². The molecule has 0 fully saturated rings. The third-order valence-electron chi connectivity index (χ3n) is 3.37. The second kappa shape index (κ2) is 6.74. The normalized spacial score (nSPS) is 13.4. The van der Waals surface area contributed by atoms with Crippen molar-refractivity contribution in [2.45, 2.75) is 25.3 Å². The SMILES string of the molecule is CCC(c1ccccc1)C(NC(=O)c1ccco1)C(=O)O. The Bertz CT molecular complexity index is 592. The zero-order valence-corrected chi connectivity index (χ0v) is 11.7. The van der Waals surface area contributed by atoms with E-state index in [2.05, 4.69) is 5.32 Å². The highest BCUT2D eigenvalue weighted by Gasteiger charge is 2.30. The number of carbonyl (C=O) groups is 2. The standard InChI is InChI=1S/C16H17NO4/c1-2-12(11-7-4-3-5-8-11)14(16(19)20)17-15(18)13-9-6-10-21-13/h3-10,12,14H,2H2,1H3,(H,17,18)(H,19,20). The molecule has 21 heavy (non-hydrogen) atoms. The van der Waals surface area contributed by atoms with E-state index in [9.17, 15) is 14.7 Å². The van der Waals surface area contributed by atoms with Gasteiger partial charge in [-0.3, -0.25) is 4.79 Å². The smallest absolute Gasteiger partial charge is 0.326 e. The monoisotopic (exact) mass is 287 g/mol. The maximum absolute atomic E-state index is 12.0. The molecule has 2 aromatic rings. The molecule has 0 aliphatic carbocycles. The Morgan fingerprint density at radius 1 is 1.19 bits per heavy atom. The van der Waals surface area contributed by atoms with Crippen LogP contribution in [0.2, 0.25) is 0 Å². The van der Waals surface area contributed by atoms with Gasteiger partial charge in [-0.15, -0.1) is 0 Å². The molecule has 1 aromatic heterocycles. The van der Waals surface area contributed by atoms with Gasteiger partial charge in [-0.05, 0) is 24.1 Å². The van der Waals surface area contributed by atoms with Crippen molar-refractivity contribution in [3.63, 3.8) is 0 Å². The minimum atomic E-state index is -1.06. The minimum absolute atomic E-state index is 0.101. The van der Waals surface area contributed by atoms with Gasteiger partial charge in [-0.2, -0.15) is 0 Å². The fourth-order valence-corrected chi connectivity index (χ4v) is 2.32. The van der Waals surface area contributed by atoms with Crippen LogP contribution in [0.5, 0.6) is 0 Å². The van der Waals surface area contributed by atoms with Crippen molar-refractivity contribution in [3.8, 4) is 0 Å². The number of rotatable bonds is 6. The number of benzene rings is 1. The predicted octanol–water partition coefficient (Wildman–Crippen LogP) is 2.66. The topological polar surface area (TPSA) is 79.5 Å². The molecule has 5 heteroatoms. The number of aliphatic carboxylic acids is 1. The number of hydrogen-bond acceptors (Lipinski definition) is 3. The number of carboxylic acids is 1. The van der Waals surface area contributed by atoms with Crippen LogP contribution >= 0.6 is 0 Å². The molecule has 2 atom stereocenters. The second-order valence-corrected chi connectivity index (χ2v) is 4.69. The maximum Gasteiger partial charge on any atom is 0.326 e. The summed E-state index contributed by atoms with van der Waals surface area (Å²) in [5.74, 6) is -1.79. The molecule has 0 spiro atoms. The van der Waals surface area contributed by atoms with E-state index in [1.807, 2.05) is 37.3 Å². The molecule has 1 aromatic carbocycles. The number of carbonyl (C=O) groups excluding carboxylic acids is 1. The van der Waals surface area contributed by atoms with E-state index in [4.69, 9.17) is 4.42 Å². The Labute approximate surface area is 122 Å². The molecule has 2 N–H and O–H groups in total. The Morgan fingerprint density at radius 3 is 2.43 bits per heavy atom. The van der Waals surface area contributed by atoms with Gasteiger partial charge in [0.15, 0.2) is 5.76 Å². The Morgan fingerprint density at radius 2 is 1.90 bits per heavy atom. The highest BCUT2D eigenvalue weighted by molar-refractivity contribution is 5.94. The first kappa shape index (κ1) is 14.8. The van der Waals surface area contributed by atoms with Crippen LogP contribution in [0.4, 0.5) is 0 Å². The molecule has 0 aliphatic rings. The van der Waals surface area contributed by atoms with Crippen LogP contribution in [0, 0.1) is 0 Å². The molecular weight excluding hydrogens is 270 g/mol. The van der Waals surface area contributed by atoms with E-state index >= 15 is 0 Å². The van der Waals surface area contributed by atoms with E-state index in [-0.39, 0.29) is 11.7 Å². The summed E-state index contributed by atoms with van der Waals surface area (Å²) < 4.78 is 4.99. The Kier molecular flexibility index (Phi) is 4.77. The van der Waals surface area contributed by atoms with Gasteiger partial charge in [-0.1, -0.05) is 37.3 Å². The molecule has 5 nitrogen and oxygen atoms in total. The second-order valence-electron chi connectivity index (χ2n) is 4.69. The van der Waals surface area contributed by atoms with Crippen LogP contribution in [0.3, 0.4) is 0 Å². The lowest BCUT2D eigenvalue weighted by atomic mass is 9.89. The number of nitrogens with one attached hydrogen (secondary N) is 1. The summed E-state index contributed by atoms with van der Waals surface area (Å²) in [6.45, 7) is 1.90. The van der Waals surface area contributed by atoms with E-state index in [1.54, 1.807) is 6.07 Å². The first-order valence-electron chi connectivity index (χ1n) is 6.75. The van der Waals surface area contributed by atoms with Crippen molar-refractivity contribution in [1.82, 2.24) is 5.32 Å². The van der Waals surface area contributed by atoms with E-state index in [0.717, 1.165) is 5.56 Å². The Balaban J connectivity index is 2.21. The van der Waals surface area contributed by atoms with E-state index in [1.165, 1.54) is 12.3 Å². The summed E-state index contributed by atoms with van der Waals surface area (Å²) in [7, 11) is 0. The van der Waals surface area contributed by atoms with Crippen LogP contribution in [0.25, 0.3) is 0 Å². The average Bonchev–Trinajstić information content (AvgIpc) is 3.02. The van der Waals surface area contributed by atoms with Gasteiger partial charge in [0.25, 0.3) is 5.91 Å². The highest BCUT2D eigenvalue weighted by atomic mass is 16.4. The van der Waals surface area contributed by atoms with Crippen molar-refractivity contribution < 1.29 is 19.1 Å². The largest absolute Gasteiger partial charge is 0.480 e. The third-order valence-corrected chi connectivity index (χ3v) is 3.37. The number of amides is 1. The van der Waals surface area contributed by atoms with Gasteiger partial charge in [0.05, 0.1) is 6.26 Å². The maximum atomic E-state index is 12.0. The summed E-state index contributed by atoms with van der Waals surface area (Å²) in [5, 5.41) is 12.0. The summed E-state index contributed by atoms with van der Waals surface area (Å²) in [5.41, 5.74) is 0.882. The molecule has 0 saturated carbocycles. The fourth-order valence-electron chi connectivity index (χ4n) is 2.32. The number of carboxylic acid groups (broad SMARTS) is 1. The number of hydrogen-bond donors (Lipinski definition) is 2.